The number of allylic oxidation sites excluding steroid dienone is 1. The standard InChI is InChI=1S/C19H20ClNO3/c1-21(2)12-16-18(24-3)11-9-15(19(16)23)17(22)10-6-13-4-7-14(20)8-5-13/h4-11,23H,12H2,1-3H3/b10-6+. The van der Waals surface area contributed by atoms with Crippen molar-refractivity contribution < 1.29 is 14.6 Å². The lowest BCUT2D eigenvalue weighted by molar-refractivity contribution is 0.104. The molecule has 0 aliphatic heterocycles. The molecule has 0 heterocycles. The van der Waals surface area contributed by atoms with Gasteiger partial charge in [0.2, 0.25) is 0 Å². The summed E-state index contributed by atoms with van der Waals surface area (Å²) < 4.78 is 5.27. The van der Waals surface area contributed by atoms with Gasteiger partial charge in [-0.05, 0) is 50.0 Å². The van der Waals surface area contributed by atoms with Gasteiger partial charge in [-0.25, -0.2) is 0 Å². The summed E-state index contributed by atoms with van der Waals surface area (Å²) in [5.74, 6) is 0.235. The van der Waals surface area contributed by atoms with Gasteiger partial charge in [-0.3, -0.25) is 4.79 Å². The molecule has 0 aromatic heterocycles. The average Bonchev–Trinajstić information content (AvgIpc) is 2.55. The van der Waals surface area contributed by atoms with E-state index in [2.05, 4.69) is 0 Å². The van der Waals surface area contributed by atoms with Crippen LogP contribution in [0, 0.1) is 0 Å². The molecule has 2 aromatic carbocycles. The van der Waals surface area contributed by atoms with E-state index < -0.39 is 0 Å². The summed E-state index contributed by atoms with van der Waals surface area (Å²) in [6, 6.07) is 10.4. The summed E-state index contributed by atoms with van der Waals surface area (Å²) in [4.78, 5) is 14.3. The third-order valence-corrected chi connectivity index (χ3v) is 3.75. The van der Waals surface area contributed by atoms with Gasteiger partial charge < -0.3 is 14.7 Å². The molecule has 0 saturated carbocycles. The van der Waals surface area contributed by atoms with Crippen molar-refractivity contribution in [1.29, 1.82) is 0 Å². The van der Waals surface area contributed by atoms with Crippen molar-refractivity contribution in [3.63, 3.8) is 0 Å². The van der Waals surface area contributed by atoms with Crippen molar-refractivity contribution in [2.24, 2.45) is 0 Å². The second-order valence-corrected chi connectivity index (χ2v) is 6.07. The smallest absolute Gasteiger partial charge is 0.189 e. The molecule has 24 heavy (non-hydrogen) atoms. The summed E-state index contributed by atoms with van der Waals surface area (Å²) in [7, 11) is 5.30. The largest absolute Gasteiger partial charge is 0.507 e. The maximum absolute atomic E-state index is 12.4. The highest BCUT2D eigenvalue weighted by Crippen LogP contribution is 2.32. The summed E-state index contributed by atoms with van der Waals surface area (Å²) in [6.07, 6.45) is 3.12. The molecule has 0 unspecified atom stereocenters. The number of aromatic hydroxyl groups is 1. The van der Waals surface area contributed by atoms with Crippen LogP contribution in [0.25, 0.3) is 6.08 Å². The molecule has 5 heteroatoms. The van der Waals surface area contributed by atoms with Crippen LogP contribution in [0.2, 0.25) is 5.02 Å². The summed E-state index contributed by atoms with van der Waals surface area (Å²) in [5.41, 5.74) is 1.69. The van der Waals surface area contributed by atoms with E-state index in [1.165, 1.54) is 13.2 Å². The van der Waals surface area contributed by atoms with Crippen LogP contribution in [0.1, 0.15) is 21.5 Å². The first-order chi connectivity index (χ1) is 11.4. The zero-order valence-corrected chi connectivity index (χ0v) is 14.7. The fourth-order valence-corrected chi connectivity index (χ4v) is 2.44. The summed E-state index contributed by atoms with van der Waals surface area (Å²) in [6.45, 7) is 0.469. The van der Waals surface area contributed by atoms with Gasteiger partial charge >= 0.3 is 0 Å². The van der Waals surface area contributed by atoms with Crippen LogP contribution in [0.4, 0.5) is 0 Å². The number of hydrogen-bond donors (Lipinski definition) is 1. The zero-order chi connectivity index (χ0) is 17.7. The van der Waals surface area contributed by atoms with E-state index in [9.17, 15) is 9.90 Å². The van der Waals surface area contributed by atoms with Crippen molar-refractivity contribution in [3.05, 3.63) is 64.2 Å². The number of halogens is 1. The molecule has 0 aliphatic rings. The van der Waals surface area contributed by atoms with Crippen LogP contribution in [-0.2, 0) is 6.54 Å². The second kappa shape index (κ2) is 7.99. The normalized spacial score (nSPS) is 11.2. The predicted molar refractivity (Wildman–Crippen MR) is 96.9 cm³/mol. The van der Waals surface area contributed by atoms with E-state index >= 15 is 0 Å². The number of rotatable bonds is 6. The number of nitrogens with zero attached hydrogens (tertiary/aromatic N) is 1. The molecule has 0 saturated heterocycles. The molecule has 0 spiro atoms. The Morgan fingerprint density at radius 2 is 1.88 bits per heavy atom. The van der Waals surface area contributed by atoms with Crippen molar-refractivity contribution in [2.75, 3.05) is 21.2 Å². The first-order valence-electron chi connectivity index (χ1n) is 7.44. The van der Waals surface area contributed by atoms with Crippen LogP contribution in [-0.4, -0.2) is 37.0 Å². The minimum Gasteiger partial charge on any atom is -0.507 e. The van der Waals surface area contributed by atoms with Crippen molar-refractivity contribution >= 4 is 23.5 Å². The van der Waals surface area contributed by atoms with E-state index in [4.69, 9.17) is 16.3 Å². The van der Waals surface area contributed by atoms with Gasteiger partial charge in [0.15, 0.2) is 5.78 Å². The number of hydrogen-bond acceptors (Lipinski definition) is 4. The summed E-state index contributed by atoms with van der Waals surface area (Å²) >= 11 is 5.84. The topological polar surface area (TPSA) is 49.8 Å². The zero-order valence-electron chi connectivity index (χ0n) is 13.9. The lowest BCUT2D eigenvalue weighted by Crippen LogP contribution is -2.12. The van der Waals surface area contributed by atoms with Crippen molar-refractivity contribution in [2.45, 2.75) is 6.54 Å². The number of ketones is 1. The monoisotopic (exact) mass is 345 g/mol. The molecule has 0 fully saturated rings. The summed E-state index contributed by atoms with van der Waals surface area (Å²) in [5, 5.41) is 11.1. The third-order valence-electron chi connectivity index (χ3n) is 3.50. The SMILES string of the molecule is COc1ccc(C(=O)/C=C/c2ccc(Cl)cc2)c(O)c1CN(C)C. The first-order valence-corrected chi connectivity index (χ1v) is 7.81. The highest BCUT2D eigenvalue weighted by atomic mass is 35.5. The molecular formula is C19H20ClNO3. The number of phenols is 1. The molecule has 0 bridgehead atoms. The van der Waals surface area contributed by atoms with Crippen LogP contribution in [0.15, 0.2) is 42.5 Å². The second-order valence-electron chi connectivity index (χ2n) is 5.63. The Kier molecular flexibility index (Phi) is 6.01. The van der Waals surface area contributed by atoms with Gasteiger partial charge in [0.25, 0.3) is 0 Å². The Labute approximate surface area is 146 Å². The lowest BCUT2D eigenvalue weighted by atomic mass is 10.0. The third kappa shape index (κ3) is 4.37. The fraction of sp³-hybridized carbons (Fsp3) is 0.211. The number of benzene rings is 2. The van der Waals surface area contributed by atoms with E-state index in [-0.39, 0.29) is 17.1 Å². The van der Waals surface area contributed by atoms with Gasteiger partial charge in [-0.2, -0.15) is 0 Å². The number of methoxy groups -OCH3 is 1. The number of carbonyl (C=O) groups is 1. The Hall–Kier alpha value is -2.30. The van der Waals surface area contributed by atoms with Crippen LogP contribution in [0.3, 0.4) is 0 Å². The Morgan fingerprint density at radius 1 is 1.21 bits per heavy atom. The van der Waals surface area contributed by atoms with Gasteiger partial charge in [0, 0.05) is 11.6 Å². The maximum Gasteiger partial charge on any atom is 0.189 e. The minimum absolute atomic E-state index is 0.0474. The molecule has 2 rings (SSSR count). The minimum atomic E-state index is -0.273. The Balaban J connectivity index is 2.30. The fourth-order valence-electron chi connectivity index (χ4n) is 2.31. The first kappa shape index (κ1) is 18.0. The number of carbonyl (C=O) groups excluding carboxylic acids is 1. The Morgan fingerprint density at radius 3 is 2.46 bits per heavy atom. The van der Waals surface area contributed by atoms with Gasteiger partial charge in [0.05, 0.1) is 18.2 Å². The molecule has 4 nitrogen and oxygen atoms in total. The van der Waals surface area contributed by atoms with Crippen LogP contribution >= 0.6 is 11.6 Å². The predicted octanol–water partition coefficient (Wildman–Crippen LogP) is 4.01. The molecule has 0 amide bonds. The molecule has 126 valence electrons. The molecular weight excluding hydrogens is 326 g/mol. The van der Waals surface area contributed by atoms with E-state index in [1.807, 2.05) is 31.1 Å². The van der Waals surface area contributed by atoms with E-state index in [1.54, 1.807) is 30.3 Å². The van der Waals surface area contributed by atoms with Crippen LogP contribution < -0.4 is 4.74 Å². The number of phenolic OH excluding ortho intramolecular Hbond substituents is 1. The number of ether oxygens (including phenoxy) is 1. The van der Waals surface area contributed by atoms with Gasteiger partial charge in [-0.15, -0.1) is 0 Å². The molecule has 0 aliphatic carbocycles. The molecule has 2 aromatic rings. The van der Waals surface area contributed by atoms with Crippen LogP contribution in [0.5, 0.6) is 11.5 Å². The average molecular weight is 346 g/mol. The maximum atomic E-state index is 12.4. The van der Waals surface area contributed by atoms with Gasteiger partial charge in [0.1, 0.15) is 11.5 Å². The van der Waals surface area contributed by atoms with Crippen molar-refractivity contribution in [1.82, 2.24) is 4.90 Å². The lowest BCUT2D eigenvalue weighted by Gasteiger charge is -2.16. The van der Waals surface area contributed by atoms with Crippen molar-refractivity contribution in [3.8, 4) is 11.5 Å². The highest BCUT2D eigenvalue weighted by Gasteiger charge is 2.17. The highest BCUT2D eigenvalue weighted by molar-refractivity contribution is 6.30. The molecule has 1 N–H and O–H groups in total. The Bertz CT molecular complexity index is 752. The molecule has 0 radical (unpaired) electrons. The van der Waals surface area contributed by atoms with E-state index in [0.29, 0.717) is 22.9 Å². The van der Waals surface area contributed by atoms with Gasteiger partial charge in [-0.1, -0.05) is 29.8 Å². The molecule has 0 atom stereocenters. The van der Waals surface area contributed by atoms with E-state index in [0.717, 1.165) is 5.56 Å². The quantitative estimate of drug-likeness (QED) is 0.634.